The van der Waals surface area contributed by atoms with Crippen molar-refractivity contribution in [2.45, 2.75) is 27.7 Å². The Labute approximate surface area is 237 Å². The van der Waals surface area contributed by atoms with E-state index in [0.717, 1.165) is 27.7 Å². The first kappa shape index (κ1) is 32.4. The molecule has 0 N–H and O–H groups in total. The van der Waals surface area contributed by atoms with E-state index in [2.05, 4.69) is 9.47 Å². The lowest BCUT2D eigenvalue weighted by Crippen LogP contribution is -2.11. The summed E-state index contributed by atoms with van der Waals surface area (Å²) in [5.41, 5.74) is -7.47. The highest BCUT2D eigenvalue weighted by molar-refractivity contribution is 5.69. The van der Waals surface area contributed by atoms with E-state index in [-0.39, 0.29) is 0 Å². The van der Waals surface area contributed by atoms with Crippen LogP contribution < -0.4 is 9.47 Å². The molecule has 0 fully saturated rings. The van der Waals surface area contributed by atoms with E-state index in [1.807, 2.05) is 0 Å². The molecule has 0 unspecified atom stereocenters. The largest absolute Gasteiger partial charge is 0.445 e. The zero-order valence-electron chi connectivity index (χ0n) is 22.1. The SMILES string of the molecule is Cc1c(C)c(F)c(Oc2c(F)c(F)c(-c3c(F)c(F)c(Oc4c(F)c(C)c(C)c(F)c4F)c(F)c3F)c(F)c2F)c(F)c1F. The Kier molecular flexibility index (Phi) is 8.26. The minimum absolute atomic E-state index is 0.614. The van der Waals surface area contributed by atoms with Gasteiger partial charge in [0.2, 0.25) is 57.9 Å². The summed E-state index contributed by atoms with van der Waals surface area (Å²) in [5, 5.41) is 0. The molecule has 4 aromatic rings. The van der Waals surface area contributed by atoms with Gasteiger partial charge in [-0.25, -0.2) is 35.1 Å². The average Bonchev–Trinajstić information content (AvgIpc) is 2.99. The first-order valence-corrected chi connectivity index (χ1v) is 11.7. The molecule has 0 aromatic heterocycles. The van der Waals surface area contributed by atoms with Gasteiger partial charge in [0.1, 0.15) is 0 Å². The van der Waals surface area contributed by atoms with Gasteiger partial charge >= 0.3 is 0 Å². The van der Waals surface area contributed by atoms with Crippen LogP contribution in [0.25, 0.3) is 11.1 Å². The number of hydrogen-bond acceptors (Lipinski definition) is 2. The maximum atomic E-state index is 14.9. The minimum atomic E-state index is -2.83. The zero-order valence-corrected chi connectivity index (χ0v) is 22.1. The Bertz CT molecular complexity index is 1650. The van der Waals surface area contributed by atoms with Gasteiger partial charge in [-0.3, -0.25) is 0 Å². The molecule has 4 rings (SSSR count). The van der Waals surface area contributed by atoms with Gasteiger partial charge in [0.05, 0.1) is 11.1 Å². The predicted molar refractivity (Wildman–Crippen MR) is 123 cm³/mol. The maximum Gasteiger partial charge on any atom is 0.205 e. The van der Waals surface area contributed by atoms with E-state index < -0.39 is 138 Å². The third-order valence-electron chi connectivity index (χ3n) is 6.73. The number of halogens is 14. The van der Waals surface area contributed by atoms with E-state index in [1.54, 1.807) is 0 Å². The fraction of sp³-hybridized carbons (Fsp3) is 0.143. The third-order valence-corrected chi connectivity index (χ3v) is 6.73. The summed E-state index contributed by atoms with van der Waals surface area (Å²) in [4.78, 5) is 0. The molecule has 0 bridgehead atoms. The molecule has 4 aromatic carbocycles. The number of benzene rings is 4. The Hall–Kier alpha value is -4.50. The molecule has 0 amide bonds. The van der Waals surface area contributed by atoms with Gasteiger partial charge < -0.3 is 9.47 Å². The van der Waals surface area contributed by atoms with Crippen LogP contribution in [-0.2, 0) is 0 Å². The molecule has 44 heavy (non-hydrogen) atoms. The number of rotatable bonds is 5. The second kappa shape index (κ2) is 11.2. The summed E-state index contributed by atoms with van der Waals surface area (Å²) in [6, 6.07) is 0. The second-order valence-corrected chi connectivity index (χ2v) is 9.17. The van der Waals surface area contributed by atoms with Gasteiger partial charge in [-0.1, -0.05) is 0 Å². The Morgan fingerprint density at radius 1 is 0.250 bits per heavy atom. The summed E-state index contributed by atoms with van der Waals surface area (Å²) in [6.45, 7) is 3.55. The van der Waals surface area contributed by atoms with Crippen molar-refractivity contribution >= 4 is 0 Å². The van der Waals surface area contributed by atoms with Crippen LogP contribution in [0.2, 0.25) is 0 Å². The minimum Gasteiger partial charge on any atom is -0.445 e. The Morgan fingerprint density at radius 2 is 0.432 bits per heavy atom. The fourth-order valence-corrected chi connectivity index (χ4v) is 3.94. The van der Waals surface area contributed by atoms with Crippen LogP contribution in [0.5, 0.6) is 23.0 Å². The van der Waals surface area contributed by atoms with E-state index in [1.165, 1.54) is 0 Å². The van der Waals surface area contributed by atoms with Crippen molar-refractivity contribution in [3.8, 4) is 34.1 Å². The van der Waals surface area contributed by atoms with Crippen LogP contribution in [0.3, 0.4) is 0 Å². The molecule has 16 heteroatoms. The van der Waals surface area contributed by atoms with Crippen LogP contribution >= 0.6 is 0 Å². The van der Waals surface area contributed by atoms with E-state index in [4.69, 9.17) is 0 Å². The molecule has 0 atom stereocenters. The molecule has 0 aliphatic carbocycles. The fourth-order valence-electron chi connectivity index (χ4n) is 3.94. The van der Waals surface area contributed by atoms with Crippen LogP contribution in [0.1, 0.15) is 22.3 Å². The first-order chi connectivity index (χ1) is 20.4. The third kappa shape index (κ3) is 4.66. The zero-order chi connectivity index (χ0) is 33.3. The summed E-state index contributed by atoms with van der Waals surface area (Å²) in [6.07, 6.45) is 0. The monoisotopic (exact) mass is 646 g/mol. The van der Waals surface area contributed by atoms with Crippen LogP contribution in [-0.4, -0.2) is 0 Å². The van der Waals surface area contributed by atoms with Crippen LogP contribution in [0.4, 0.5) is 61.5 Å². The molecule has 0 radical (unpaired) electrons. The predicted octanol–water partition coefficient (Wildman–Crippen LogP) is 10.1. The second-order valence-electron chi connectivity index (χ2n) is 9.17. The van der Waals surface area contributed by atoms with Gasteiger partial charge in [-0.15, -0.1) is 0 Å². The molecular weight excluding hydrogens is 634 g/mol. The summed E-state index contributed by atoms with van der Waals surface area (Å²) in [7, 11) is 0. The Balaban J connectivity index is 1.92. The molecule has 0 spiro atoms. The lowest BCUT2D eigenvalue weighted by atomic mass is 10.0. The van der Waals surface area contributed by atoms with Gasteiger partial charge in [-0.2, -0.15) is 26.3 Å². The van der Waals surface area contributed by atoms with Crippen molar-refractivity contribution in [3.05, 3.63) is 104 Å². The van der Waals surface area contributed by atoms with Crippen molar-refractivity contribution < 1.29 is 70.9 Å². The highest BCUT2D eigenvalue weighted by Crippen LogP contribution is 2.45. The maximum absolute atomic E-state index is 14.9. The lowest BCUT2D eigenvalue weighted by Gasteiger charge is -2.18. The van der Waals surface area contributed by atoms with Gasteiger partial charge in [-0.05, 0) is 49.9 Å². The van der Waals surface area contributed by atoms with Crippen LogP contribution in [0, 0.1) is 109 Å². The van der Waals surface area contributed by atoms with Gasteiger partial charge in [0.25, 0.3) is 0 Å². The quantitative estimate of drug-likeness (QED) is 0.159. The topological polar surface area (TPSA) is 18.5 Å². The average molecular weight is 646 g/mol. The molecule has 2 nitrogen and oxygen atoms in total. The molecule has 0 saturated heterocycles. The molecule has 0 aliphatic heterocycles. The Morgan fingerprint density at radius 3 is 0.682 bits per heavy atom. The summed E-state index contributed by atoms with van der Waals surface area (Å²) in [5.74, 6) is -42.2. The molecular formula is C28H12F14O2. The highest BCUT2D eigenvalue weighted by atomic mass is 19.2. The van der Waals surface area contributed by atoms with Gasteiger partial charge in [0, 0.05) is 0 Å². The first-order valence-electron chi connectivity index (χ1n) is 11.7. The van der Waals surface area contributed by atoms with Crippen LogP contribution in [0.15, 0.2) is 0 Å². The summed E-state index contributed by atoms with van der Waals surface area (Å²) < 4.78 is 213. The number of hydrogen-bond donors (Lipinski definition) is 0. The van der Waals surface area contributed by atoms with Crippen molar-refractivity contribution in [1.29, 1.82) is 0 Å². The van der Waals surface area contributed by atoms with Crippen molar-refractivity contribution in [2.75, 3.05) is 0 Å². The normalized spacial score (nSPS) is 11.4. The van der Waals surface area contributed by atoms with Gasteiger partial charge in [0.15, 0.2) is 46.5 Å². The van der Waals surface area contributed by atoms with Crippen molar-refractivity contribution in [3.63, 3.8) is 0 Å². The molecule has 234 valence electrons. The van der Waals surface area contributed by atoms with Crippen molar-refractivity contribution in [1.82, 2.24) is 0 Å². The summed E-state index contributed by atoms with van der Waals surface area (Å²) >= 11 is 0. The molecule has 0 aliphatic rings. The number of ether oxygens (including phenoxy) is 2. The lowest BCUT2D eigenvalue weighted by molar-refractivity contribution is 0.329. The molecule has 0 saturated carbocycles. The molecule has 0 heterocycles. The van der Waals surface area contributed by atoms with E-state index >= 15 is 0 Å². The standard InChI is InChI=1S/C28H12F14O2/c1-5-7(3)13(31)25(19(37)11(5)29)43-27-21(39)15(33)9(16(34)22(27)40)10-17(35)23(41)28(24(42)18(10)36)44-26-14(32)8(4)6(2)12(30)20(26)38/h1-4H3. The van der Waals surface area contributed by atoms with Crippen molar-refractivity contribution in [2.24, 2.45) is 0 Å². The van der Waals surface area contributed by atoms with E-state index in [9.17, 15) is 61.5 Å². The van der Waals surface area contributed by atoms with E-state index in [0.29, 0.717) is 0 Å². The smallest absolute Gasteiger partial charge is 0.205 e. The highest BCUT2D eigenvalue weighted by Gasteiger charge is 2.37.